The highest BCUT2D eigenvalue weighted by atomic mass is 32.2. The molecule has 2 saturated heterocycles. The lowest BCUT2D eigenvalue weighted by Gasteiger charge is -2.23. The van der Waals surface area contributed by atoms with E-state index in [0.29, 0.717) is 32.6 Å². The molecule has 2 fully saturated rings. The van der Waals surface area contributed by atoms with Crippen LogP contribution in [0.5, 0.6) is 0 Å². The summed E-state index contributed by atoms with van der Waals surface area (Å²) in [5.41, 5.74) is 1.83. The third-order valence-electron chi connectivity index (χ3n) is 5.98. The molecular weight excluding hydrogens is 394 g/mol. The largest absolute Gasteiger partial charge is 0.415 e. The van der Waals surface area contributed by atoms with Gasteiger partial charge in [0.2, 0.25) is 15.9 Å². The Bertz CT molecular complexity index is 1030. The second-order valence-corrected chi connectivity index (χ2v) is 9.90. The molecule has 3 aliphatic heterocycles. The van der Waals surface area contributed by atoms with E-state index in [1.165, 1.54) is 4.31 Å². The van der Waals surface area contributed by atoms with Gasteiger partial charge in [0.1, 0.15) is 0 Å². The van der Waals surface area contributed by atoms with Gasteiger partial charge in [-0.15, -0.1) is 10.2 Å². The Labute approximate surface area is 169 Å². The lowest BCUT2D eigenvalue weighted by molar-refractivity contribution is 0.0750. The van der Waals surface area contributed by atoms with E-state index in [1.54, 1.807) is 4.90 Å². The molecule has 2 unspecified atom stereocenters. The summed E-state index contributed by atoms with van der Waals surface area (Å²) in [6.45, 7) is 2.19. The van der Waals surface area contributed by atoms with Crippen molar-refractivity contribution in [2.75, 3.05) is 30.5 Å². The van der Waals surface area contributed by atoms with E-state index in [1.807, 2.05) is 24.3 Å². The molecule has 1 amide bonds. The molecule has 1 aromatic carbocycles. The highest BCUT2D eigenvalue weighted by Crippen LogP contribution is 2.35. The molecule has 3 aliphatic rings. The summed E-state index contributed by atoms with van der Waals surface area (Å²) < 4.78 is 33.6. The topological polar surface area (TPSA) is 109 Å². The van der Waals surface area contributed by atoms with Gasteiger partial charge in [0, 0.05) is 26.2 Å². The zero-order valence-corrected chi connectivity index (χ0v) is 16.8. The fourth-order valence-electron chi connectivity index (χ4n) is 4.39. The molecule has 2 aromatic rings. The first-order chi connectivity index (χ1) is 14.0. The number of sulfonamides is 1. The summed E-state index contributed by atoms with van der Waals surface area (Å²) in [5.74, 6) is -0.00682. The number of hydrogen-bond acceptors (Lipinski definition) is 7. The Morgan fingerprint density at radius 2 is 1.93 bits per heavy atom. The van der Waals surface area contributed by atoms with Crippen molar-refractivity contribution in [3.63, 3.8) is 0 Å². The van der Waals surface area contributed by atoms with Crippen LogP contribution in [0.2, 0.25) is 0 Å². The third kappa shape index (κ3) is 3.20. The van der Waals surface area contributed by atoms with E-state index >= 15 is 0 Å². The van der Waals surface area contributed by atoms with Crippen LogP contribution in [0.25, 0.3) is 0 Å². The zero-order chi connectivity index (χ0) is 20.0. The molecule has 10 heteroatoms. The number of carbonyl (C=O) groups excluding carboxylic acids is 1. The molecule has 5 rings (SSSR count). The predicted octanol–water partition coefficient (Wildman–Crippen LogP) is 1.10. The van der Waals surface area contributed by atoms with Crippen molar-refractivity contribution < 1.29 is 17.6 Å². The predicted molar refractivity (Wildman–Crippen MR) is 105 cm³/mol. The van der Waals surface area contributed by atoms with Gasteiger partial charge in [-0.1, -0.05) is 18.2 Å². The molecule has 0 aliphatic carbocycles. The SMILES string of the molecule is O=C(c1nnc(C2CC(S(=O)(=O)N3CCc4ccccc43)CN2)o1)N1CCCC1. The molecule has 0 saturated carbocycles. The number of rotatable bonds is 4. The molecule has 2 atom stereocenters. The molecule has 29 heavy (non-hydrogen) atoms. The van der Waals surface area contributed by atoms with E-state index in [0.717, 1.165) is 30.5 Å². The van der Waals surface area contributed by atoms with Crippen LogP contribution < -0.4 is 9.62 Å². The molecule has 154 valence electrons. The maximum absolute atomic E-state index is 13.2. The lowest BCUT2D eigenvalue weighted by atomic mass is 10.2. The smallest absolute Gasteiger partial charge is 0.311 e. The van der Waals surface area contributed by atoms with Gasteiger partial charge in [0.15, 0.2) is 0 Å². The Morgan fingerprint density at radius 1 is 1.14 bits per heavy atom. The quantitative estimate of drug-likeness (QED) is 0.793. The van der Waals surface area contributed by atoms with Crippen molar-refractivity contribution in [1.29, 1.82) is 0 Å². The fraction of sp³-hybridized carbons (Fsp3) is 0.526. The summed E-state index contributed by atoms with van der Waals surface area (Å²) in [5, 5.41) is 10.5. The van der Waals surface area contributed by atoms with Crippen molar-refractivity contribution in [3.8, 4) is 0 Å². The van der Waals surface area contributed by atoms with Gasteiger partial charge in [0.25, 0.3) is 0 Å². The van der Waals surface area contributed by atoms with Crippen molar-refractivity contribution in [3.05, 3.63) is 41.6 Å². The Balaban J connectivity index is 1.30. The maximum Gasteiger partial charge on any atom is 0.311 e. The molecule has 4 heterocycles. The van der Waals surface area contributed by atoms with Crippen LogP contribution in [-0.2, 0) is 16.4 Å². The molecule has 0 bridgehead atoms. The van der Waals surface area contributed by atoms with E-state index in [4.69, 9.17) is 4.42 Å². The van der Waals surface area contributed by atoms with Gasteiger partial charge in [-0.25, -0.2) is 8.42 Å². The zero-order valence-electron chi connectivity index (χ0n) is 16.0. The summed E-state index contributed by atoms with van der Waals surface area (Å²) >= 11 is 0. The van der Waals surface area contributed by atoms with Crippen LogP contribution >= 0.6 is 0 Å². The van der Waals surface area contributed by atoms with Gasteiger partial charge >= 0.3 is 11.8 Å². The Hall–Kier alpha value is -2.46. The van der Waals surface area contributed by atoms with Crippen LogP contribution in [0.15, 0.2) is 28.7 Å². The van der Waals surface area contributed by atoms with Crippen LogP contribution in [0.3, 0.4) is 0 Å². The van der Waals surface area contributed by atoms with Gasteiger partial charge in [0.05, 0.1) is 17.0 Å². The molecule has 0 radical (unpaired) electrons. The van der Waals surface area contributed by atoms with Crippen LogP contribution in [0, 0.1) is 0 Å². The summed E-state index contributed by atoms with van der Waals surface area (Å²) in [7, 11) is -3.51. The fourth-order valence-corrected chi connectivity index (χ4v) is 6.29. The minimum Gasteiger partial charge on any atom is -0.415 e. The number of hydrogen-bond donors (Lipinski definition) is 1. The number of carbonyl (C=O) groups is 1. The second kappa shape index (κ2) is 7.10. The summed E-state index contributed by atoms with van der Waals surface area (Å²) in [6, 6.07) is 7.24. The maximum atomic E-state index is 13.2. The van der Waals surface area contributed by atoms with Gasteiger partial charge in [-0.05, 0) is 37.3 Å². The van der Waals surface area contributed by atoms with E-state index in [9.17, 15) is 13.2 Å². The van der Waals surface area contributed by atoms with Gasteiger partial charge in [-0.3, -0.25) is 9.10 Å². The van der Waals surface area contributed by atoms with Crippen molar-refractivity contribution in [2.45, 2.75) is 37.0 Å². The number of anilines is 1. The minimum atomic E-state index is -3.51. The lowest BCUT2D eigenvalue weighted by Crippen LogP contribution is -2.38. The minimum absolute atomic E-state index is 0.0246. The van der Waals surface area contributed by atoms with E-state index in [2.05, 4.69) is 15.5 Å². The number of aromatic nitrogens is 2. The summed E-state index contributed by atoms with van der Waals surface area (Å²) in [4.78, 5) is 14.1. The van der Waals surface area contributed by atoms with Crippen LogP contribution in [0.4, 0.5) is 5.69 Å². The van der Waals surface area contributed by atoms with Crippen LogP contribution in [-0.4, -0.2) is 60.9 Å². The van der Waals surface area contributed by atoms with Gasteiger partial charge in [-0.2, -0.15) is 0 Å². The van der Waals surface area contributed by atoms with Crippen molar-refractivity contribution >= 4 is 21.6 Å². The highest BCUT2D eigenvalue weighted by Gasteiger charge is 2.42. The normalized spacial score (nSPS) is 24.3. The Morgan fingerprint density at radius 3 is 2.76 bits per heavy atom. The first kappa shape index (κ1) is 18.6. The number of fused-ring (bicyclic) bond motifs is 1. The van der Waals surface area contributed by atoms with Crippen molar-refractivity contribution in [1.82, 2.24) is 20.4 Å². The van der Waals surface area contributed by atoms with Gasteiger partial charge < -0.3 is 14.6 Å². The summed E-state index contributed by atoms with van der Waals surface area (Å²) in [6.07, 6.45) is 3.03. The Kier molecular flexibility index (Phi) is 4.54. The molecule has 1 N–H and O–H groups in total. The first-order valence-corrected chi connectivity index (χ1v) is 11.5. The number of likely N-dealkylation sites (tertiary alicyclic amines) is 1. The average molecular weight is 417 g/mol. The standard InChI is InChI=1S/C19H23N5O4S/c25-19(23-8-3-4-9-23)18-22-21-17(28-18)15-11-14(12-20-15)29(26,27)24-10-7-13-5-1-2-6-16(13)24/h1-2,5-6,14-15,20H,3-4,7-12H2. The number of amides is 1. The second-order valence-electron chi connectivity index (χ2n) is 7.76. The molecule has 1 aromatic heterocycles. The molecule has 9 nitrogen and oxygen atoms in total. The van der Waals surface area contributed by atoms with E-state index < -0.39 is 15.3 Å². The van der Waals surface area contributed by atoms with E-state index in [-0.39, 0.29) is 23.7 Å². The number of benzene rings is 1. The average Bonchev–Trinajstić information content (AvgIpc) is 3.53. The third-order valence-corrected chi connectivity index (χ3v) is 8.17. The monoisotopic (exact) mass is 417 g/mol. The van der Waals surface area contributed by atoms with Crippen molar-refractivity contribution in [2.24, 2.45) is 0 Å². The first-order valence-electron chi connectivity index (χ1n) is 9.99. The highest BCUT2D eigenvalue weighted by molar-refractivity contribution is 7.93. The number of nitrogens with zero attached hydrogens (tertiary/aromatic N) is 4. The number of nitrogens with one attached hydrogen (secondary N) is 1. The van der Waals surface area contributed by atoms with Crippen LogP contribution in [0.1, 0.15) is 47.4 Å². The molecular formula is C19H23N5O4S. The molecule has 0 spiro atoms. The number of para-hydroxylation sites is 1.